The molecule has 0 spiro atoms. The van der Waals surface area contributed by atoms with Crippen molar-refractivity contribution in [2.75, 3.05) is 32.7 Å². The maximum atomic E-state index is 10.8. The summed E-state index contributed by atoms with van der Waals surface area (Å²) in [4.78, 5) is 15.2. The summed E-state index contributed by atoms with van der Waals surface area (Å²) in [5.74, 6) is -0.730. The molecule has 4 nitrogen and oxygen atoms in total. The molecule has 1 N–H and O–H groups in total. The van der Waals surface area contributed by atoms with Crippen molar-refractivity contribution < 1.29 is 9.90 Å². The van der Waals surface area contributed by atoms with Crippen LogP contribution in [0.1, 0.15) is 20.3 Å². The van der Waals surface area contributed by atoms with E-state index in [1.807, 2.05) is 4.90 Å². The van der Waals surface area contributed by atoms with Gasteiger partial charge in [0.2, 0.25) is 0 Å². The third-order valence-electron chi connectivity index (χ3n) is 3.26. The standard InChI is InChI=1S/C12H22N2O2/c1-4-10(2)9-13-5-7-14(8-6-13)11(3)12(15)16/h11H,2,4-9H2,1,3H3,(H,15,16). The lowest BCUT2D eigenvalue weighted by Gasteiger charge is -2.36. The average Bonchev–Trinajstić information content (AvgIpc) is 2.28. The summed E-state index contributed by atoms with van der Waals surface area (Å²) in [6.07, 6.45) is 1.02. The lowest BCUT2D eigenvalue weighted by Crippen LogP contribution is -2.51. The van der Waals surface area contributed by atoms with Crippen LogP contribution in [0.15, 0.2) is 12.2 Å². The number of nitrogens with zero attached hydrogens (tertiary/aromatic N) is 2. The molecule has 0 bridgehead atoms. The Morgan fingerprint density at radius 3 is 2.38 bits per heavy atom. The molecule has 0 aromatic heterocycles. The summed E-state index contributed by atoms with van der Waals surface area (Å²) in [5.41, 5.74) is 1.25. The van der Waals surface area contributed by atoms with Crippen LogP contribution >= 0.6 is 0 Å². The van der Waals surface area contributed by atoms with Gasteiger partial charge in [-0.15, -0.1) is 0 Å². The summed E-state index contributed by atoms with van der Waals surface area (Å²) in [6.45, 7) is 12.4. The second-order valence-corrected chi connectivity index (χ2v) is 4.43. The molecule has 1 unspecified atom stereocenters. The third kappa shape index (κ3) is 3.61. The van der Waals surface area contributed by atoms with Crippen LogP contribution in [0.4, 0.5) is 0 Å². The van der Waals surface area contributed by atoms with E-state index in [2.05, 4.69) is 18.4 Å². The fourth-order valence-corrected chi connectivity index (χ4v) is 1.89. The van der Waals surface area contributed by atoms with E-state index in [1.165, 1.54) is 5.57 Å². The number of rotatable bonds is 5. The van der Waals surface area contributed by atoms with E-state index in [0.717, 1.165) is 39.1 Å². The largest absolute Gasteiger partial charge is 0.480 e. The van der Waals surface area contributed by atoms with Crippen LogP contribution in [0.5, 0.6) is 0 Å². The molecule has 1 saturated heterocycles. The normalized spacial score (nSPS) is 20.6. The molecule has 92 valence electrons. The molecule has 0 amide bonds. The van der Waals surface area contributed by atoms with Crippen molar-refractivity contribution in [2.24, 2.45) is 0 Å². The van der Waals surface area contributed by atoms with Gasteiger partial charge < -0.3 is 5.11 Å². The molecule has 1 rings (SSSR count). The lowest BCUT2D eigenvalue weighted by molar-refractivity contribution is -0.143. The van der Waals surface area contributed by atoms with Gasteiger partial charge in [0.1, 0.15) is 6.04 Å². The molecule has 1 aliphatic heterocycles. The van der Waals surface area contributed by atoms with Gasteiger partial charge in [0.15, 0.2) is 0 Å². The zero-order chi connectivity index (χ0) is 12.1. The maximum absolute atomic E-state index is 10.8. The minimum atomic E-state index is -0.730. The van der Waals surface area contributed by atoms with Crippen molar-refractivity contribution >= 4 is 5.97 Å². The average molecular weight is 226 g/mol. The molecule has 16 heavy (non-hydrogen) atoms. The Labute approximate surface area is 97.5 Å². The first-order valence-corrected chi connectivity index (χ1v) is 5.90. The van der Waals surface area contributed by atoms with Crippen LogP contribution in [0.2, 0.25) is 0 Å². The van der Waals surface area contributed by atoms with Gasteiger partial charge in [0.25, 0.3) is 0 Å². The van der Waals surface area contributed by atoms with Gasteiger partial charge in [-0.2, -0.15) is 0 Å². The number of piperazine rings is 1. The molecular weight excluding hydrogens is 204 g/mol. The van der Waals surface area contributed by atoms with Crippen LogP contribution < -0.4 is 0 Å². The Morgan fingerprint density at radius 2 is 1.94 bits per heavy atom. The van der Waals surface area contributed by atoms with Crippen molar-refractivity contribution in [3.63, 3.8) is 0 Å². The zero-order valence-corrected chi connectivity index (χ0v) is 10.3. The molecule has 0 aromatic carbocycles. The van der Waals surface area contributed by atoms with E-state index in [1.54, 1.807) is 6.92 Å². The van der Waals surface area contributed by atoms with Gasteiger partial charge in [0.05, 0.1) is 0 Å². The molecule has 0 saturated carbocycles. The van der Waals surface area contributed by atoms with Crippen LogP contribution in [-0.4, -0.2) is 59.6 Å². The van der Waals surface area contributed by atoms with E-state index in [0.29, 0.717) is 0 Å². The molecule has 4 heteroatoms. The number of aliphatic carboxylic acids is 1. The monoisotopic (exact) mass is 226 g/mol. The maximum Gasteiger partial charge on any atom is 0.320 e. The molecule has 1 heterocycles. The number of carboxylic acids is 1. The highest BCUT2D eigenvalue weighted by Crippen LogP contribution is 2.09. The van der Waals surface area contributed by atoms with Crippen LogP contribution in [0.3, 0.4) is 0 Å². The second kappa shape index (κ2) is 6.01. The Bertz CT molecular complexity index is 258. The van der Waals surface area contributed by atoms with Crippen LogP contribution in [0.25, 0.3) is 0 Å². The van der Waals surface area contributed by atoms with Crippen molar-refractivity contribution in [3.05, 3.63) is 12.2 Å². The van der Waals surface area contributed by atoms with Crippen LogP contribution in [0, 0.1) is 0 Å². The Hall–Kier alpha value is -0.870. The highest BCUT2D eigenvalue weighted by molar-refractivity contribution is 5.72. The molecule has 0 radical (unpaired) electrons. The van der Waals surface area contributed by atoms with Gasteiger partial charge >= 0.3 is 5.97 Å². The number of carboxylic acid groups (broad SMARTS) is 1. The molecule has 1 aliphatic rings. The zero-order valence-electron chi connectivity index (χ0n) is 10.3. The Balaban J connectivity index is 2.34. The van der Waals surface area contributed by atoms with Crippen molar-refractivity contribution in [3.8, 4) is 0 Å². The first-order valence-electron chi connectivity index (χ1n) is 5.90. The SMILES string of the molecule is C=C(CC)CN1CCN(C(C)C(=O)O)CC1. The highest BCUT2D eigenvalue weighted by Gasteiger charge is 2.24. The molecular formula is C12H22N2O2. The van der Waals surface area contributed by atoms with Crippen LogP contribution in [-0.2, 0) is 4.79 Å². The first-order chi connectivity index (χ1) is 7.54. The van der Waals surface area contributed by atoms with Gasteiger partial charge in [-0.05, 0) is 13.3 Å². The van der Waals surface area contributed by atoms with E-state index < -0.39 is 5.97 Å². The molecule has 0 aliphatic carbocycles. The summed E-state index contributed by atoms with van der Waals surface area (Å²) in [7, 11) is 0. The number of hydrogen-bond donors (Lipinski definition) is 1. The number of hydrogen-bond acceptors (Lipinski definition) is 3. The first kappa shape index (κ1) is 13.2. The van der Waals surface area contributed by atoms with E-state index in [4.69, 9.17) is 5.11 Å². The topological polar surface area (TPSA) is 43.8 Å². The van der Waals surface area contributed by atoms with Gasteiger partial charge in [0, 0.05) is 32.7 Å². The second-order valence-electron chi connectivity index (χ2n) is 4.43. The molecule has 0 aromatic rings. The van der Waals surface area contributed by atoms with Crippen molar-refractivity contribution in [2.45, 2.75) is 26.3 Å². The highest BCUT2D eigenvalue weighted by atomic mass is 16.4. The van der Waals surface area contributed by atoms with Gasteiger partial charge in [-0.25, -0.2) is 0 Å². The lowest BCUT2D eigenvalue weighted by atomic mass is 10.2. The smallest absolute Gasteiger partial charge is 0.320 e. The fourth-order valence-electron chi connectivity index (χ4n) is 1.89. The summed E-state index contributed by atoms with van der Waals surface area (Å²) < 4.78 is 0. The molecule has 1 atom stereocenters. The summed E-state index contributed by atoms with van der Waals surface area (Å²) >= 11 is 0. The quantitative estimate of drug-likeness (QED) is 0.711. The predicted octanol–water partition coefficient (Wildman–Crippen LogP) is 1.04. The minimum absolute atomic E-state index is 0.364. The van der Waals surface area contributed by atoms with Crippen molar-refractivity contribution in [1.82, 2.24) is 9.80 Å². The Morgan fingerprint density at radius 1 is 1.38 bits per heavy atom. The Kier molecular flexibility index (Phi) is 4.96. The van der Waals surface area contributed by atoms with Gasteiger partial charge in [-0.3, -0.25) is 14.6 Å². The summed E-state index contributed by atoms with van der Waals surface area (Å²) in [5, 5.41) is 8.91. The van der Waals surface area contributed by atoms with E-state index >= 15 is 0 Å². The fraction of sp³-hybridized carbons (Fsp3) is 0.750. The molecule has 1 fully saturated rings. The van der Waals surface area contributed by atoms with E-state index in [-0.39, 0.29) is 6.04 Å². The van der Waals surface area contributed by atoms with Gasteiger partial charge in [-0.1, -0.05) is 19.1 Å². The van der Waals surface area contributed by atoms with E-state index in [9.17, 15) is 4.79 Å². The summed E-state index contributed by atoms with van der Waals surface area (Å²) in [6, 6.07) is -0.364. The van der Waals surface area contributed by atoms with Crippen molar-refractivity contribution in [1.29, 1.82) is 0 Å². The number of carbonyl (C=O) groups is 1. The third-order valence-corrected chi connectivity index (χ3v) is 3.26. The minimum Gasteiger partial charge on any atom is -0.480 e. The predicted molar refractivity (Wildman–Crippen MR) is 64.5 cm³/mol.